The molecule has 0 aliphatic carbocycles. The van der Waals surface area contributed by atoms with Gasteiger partial charge in [0.15, 0.2) is 0 Å². The lowest BCUT2D eigenvalue weighted by Gasteiger charge is -2.12. The van der Waals surface area contributed by atoms with Gasteiger partial charge in [0.2, 0.25) is 10.0 Å². The van der Waals surface area contributed by atoms with Gasteiger partial charge < -0.3 is 5.11 Å². The molecule has 0 aliphatic rings. The van der Waals surface area contributed by atoms with Crippen LogP contribution in [0.5, 0.6) is 0 Å². The normalized spacial score (nSPS) is 12.6. The number of carboxylic acids is 1. The number of rotatable bonds is 8. The number of aliphatic carboxylic acids is 1. The average molecular weight is 310 g/mol. The van der Waals surface area contributed by atoms with E-state index in [9.17, 15) is 13.2 Å². The molecule has 0 heterocycles. The van der Waals surface area contributed by atoms with Gasteiger partial charge in [-0.2, -0.15) is 5.26 Å². The van der Waals surface area contributed by atoms with E-state index in [2.05, 4.69) is 4.72 Å². The molecule has 21 heavy (non-hydrogen) atoms. The third-order valence-corrected chi connectivity index (χ3v) is 4.28. The molecule has 7 heteroatoms. The fourth-order valence-corrected chi connectivity index (χ4v) is 3.05. The van der Waals surface area contributed by atoms with Crippen LogP contribution in [0.4, 0.5) is 0 Å². The van der Waals surface area contributed by atoms with Gasteiger partial charge in [0.1, 0.15) is 0 Å². The summed E-state index contributed by atoms with van der Waals surface area (Å²) in [5, 5.41) is 17.5. The minimum atomic E-state index is -3.55. The third kappa shape index (κ3) is 6.38. The lowest BCUT2D eigenvalue weighted by molar-refractivity contribution is -0.137. The van der Waals surface area contributed by atoms with E-state index in [0.29, 0.717) is 17.5 Å². The van der Waals surface area contributed by atoms with Gasteiger partial charge in [-0.15, -0.1) is 0 Å². The van der Waals surface area contributed by atoms with Gasteiger partial charge >= 0.3 is 5.97 Å². The lowest BCUT2D eigenvalue weighted by atomic mass is 10.1. The van der Waals surface area contributed by atoms with Crippen LogP contribution in [0.15, 0.2) is 24.3 Å². The highest BCUT2D eigenvalue weighted by atomic mass is 32.2. The van der Waals surface area contributed by atoms with Gasteiger partial charge in [-0.25, -0.2) is 13.1 Å². The molecule has 1 unspecified atom stereocenters. The van der Waals surface area contributed by atoms with E-state index in [1.807, 2.05) is 6.07 Å². The molecule has 0 aliphatic heterocycles. The monoisotopic (exact) mass is 310 g/mol. The molecular formula is C14H18N2O4S. The predicted octanol–water partition coefficient (Wildman–Crippen LogP) is 1.48. The summed E-state index contributed by atoms with van der Waals surface area (Å²) in [6.45, 7) is 1.97. The van der Waals surface area contributed by atoms with Gasteiger partial charge in [0, 0.05) is 13.0 Å². The van der Waals surface area contributed by atoms with Crippen molar-refractivity contribution in [3.63, 3.8) is 0 Å². The van der Waals surface area contributed by atoms with E-state index in [1.54, 1.807) is 31.2 Å². The number of benzene rings is 1. The summed E-state index contributed by atoms with van der Waals surface area (Å²) in [7, 11) is -3.55. The fourth-order valence-electron chi connectivity index (χ4n) is 1.75. The van der Waals surface area contributed by atoms with E-state index in [4.69, 9.17) is 10.4 Å². The fraction of sp³-hybridized carbons (Fsp3) is 0.429. The Morgan fingerprint density at radius 3 is 2.71 bits per heavy atom. The maximum atomic E-state index is 12.0. The number of nitrogens with one attached hydrogen (secondary N) is 1. The number of hydrogen-bond acceptors (Lipinski definition) is 4. The molecule has 0 saturated heterocycles. The molecule has 0 aromatic heterocycles. The van der Waals surface area contributed by atoms with Crippen molar-refractivity contribution in [2.75, 3.05) is 6.54 Å². The van der Waals surface area contributed by atoms with Crippen LogP contribution in [-0.4, -0.2) is 26.0 Å². The topological polar surface area (TPSA) is 107 Å². The number of carbonyl (C=O) groups is 1. The molecule has 0 fully saturated rings. The van der Waals surface area contributed by atoms with Gasteiger partial charge in [-0.05, 0) is 24.0 Å². The first-order valence-electron chi connectivity index (χ1n) is 6.51. The van der Waals surface area contributed by atoms with Gasteiger partial charge in [0.25, 0.3) is 0 Å². The number of carboxylic acid groups (broad SMARTS) is 1. The Hall–Kier alpha value is -1.91. The largest absolute Gasteiger partial charge is 0.481 e. The lowest BCUT2D eigenvalue weighted by Crippen LogP contribution is -2.30. The van der Waals surface area contributed by atoms with E-state index < -0.39 is 16.0 Å². The number of nitriles is 1. The molecular weight excluding hydrogens is 292 g/mol. The Labute approximate surface area is 124 Å². The van der Waals surface area contributed by atoms with Crippen molar-refractivity contribution in [3.05, 3.63) is 35.4 Å². The molecule has 0 spiro atoms. The molecule has 1 atom stereocenters. The quantitative estimate of drug-likeness (QED) is 0.756. The highest BCUT2D eigenvalue weighted by Crippen LogP contribution is 2.11. The van der Waals surface area contributed by atoms with E-state index in [0.717, 1.165) is 0 Å². The SMILES string of the molecule is CC(CCC(=O)O)CNS(=O)(=O)Cc1ccccc1C#N. The summed E-state index contributed by atoms with van der Waals surface area (Å²) in [5.74, 6) is -1.22. The van der Waals surface area contributed by atoms with Crippen molar-refractivity contribution in [1.82, 2.24) is 4.72 Å². The number of hydrogen-bond donors (Lipinski definition) is 2. The first kappa shape index (κ1) is 17.1. The van der Waals surface area contributed by atoms with Crippen molar-refractivity contribution < 1.29 is 18.3 Å². The van der Waals surface area contributed by atoms with Gasteiger partial charge in [-0.3, -0.25) is 4.79 Å². The van der Waals surface area contributed by atoms with Crippen molar-refractivity contribution in [2.24, 2.45) is 5.92 Å². The molecule has 0 saturated carbocycles. The summed E-state index contributed by atoms with van der Waals surface area (Å²) >= 11 is 0. The second-order valence-corrected chi connectivity index (χ2v) is 6.72. The minimum absolute atomic E-state index is 0.0140. The highest BCUT2D eigenvalue weighted by Gasteiger charge is 2.15. The summed E-state index contributed by atoms with van der Waals surface area (Å²) in [6, 6.07) is 8.49. The molecule has 2 N–H and O–H groups in total. The Bertz CT molecular complexity index is 635. The molecule has 1 aromatic carbocycles. The summed E-state index contributed by atoms with van der Waals surface area (Å²) < 4.78 is 26.4. The summed E-state index contributed by atoms with van der Waals surface area (Å²) in [6.07, 6.45) is 0.423. The summed E-state index contributed by atoms with van der Waals surface area (Å²) in [5.41, 5.74) is 0.785. The molecule has 0 bridgehead atoms. The van der Waals surface area contributed by atoms with Crippen LogP contribution in [0.1, 0.15) is 30.9 Å². The van der Waals surface area contributed by atoms with Crippen LogP contribution in [0.2, 0.25) is 0 Å². The molecule has 1 rings (SSSR count). The number of sulfonamides is 1. The zero-order valence-electron chi connectivity index (χ0n) is 11.7. The van der Waals surface area contributed by atoms with Crippen molar-refractivity contribution in [1.29, 1.82) is 5.26 Å². The van der Waals surface area contributed by atoms with E-state index in [1.165, 1.54) is 0 Å². The average Bonchev–Trinajstić information content (AvgIpc) is 2.43. The van der Waals surface area contributed by atoms with Crippen LogP contribution in [-0.2, 0) is 20.6 Å². The Morgan fingerprint density at radius 2 is 2.10 bits per heavy atom. The summed E-state index contributed by atoms with van der Waals surface area (Å²) in [4.78, 5) is 10.4. The molecule has 1 aromatic rings. The molecule has 0 amide bonds. The van der Waals surface area contributed by atoms with Crippen LogP contribution in [0.25, 0.3) is 0 Å². The maximum Gasteiger partial charge on any atom is 0.303 e. The van der Waals surface area contributed by atoms with Crippen molar-refractivity contribution in [3.8, 4) is 6.07 Å². The second kappa shape index (κ2) is 7.76. The van der Waals surface area contributed by atoms with E-state index >= 15 is 0 Å². The van der Waals surface area contributed by atoms with Crippen molar-refractivity contribution in [2.45, 2.75) is 25.5 Å². The third-order valence-electron chi connectivity index (χ3n) is 2.99. The zero-order valence-corrected chi connectivity index (χ0v) is 12.6. The predicted molar refractivity (Wildman–Crippen MR) is 77.8 cm³/mol. The molecule has 0 radical (unpaired) electrons. The maximum absolute atomic E-state index is 12.0. The number of nitrogens with zero attached hydrogens (tertiary/aromatic N) is 1. The van der Waals surface area contributed by atoms with Crippen LogP contribution < -0.4 is 4.72 Å². The first-order chi connectivity index (χ1) is 9.84. The van der Waals surface area contributed by atoms with Crippen LogP contribution in [0.3, 0.4) is 0 Å². The first-order valence-corrected chi connectivity index (χ1v) is 8.16. The molecule has 6 nitrogen and oxygen atoms in total. The van der Waals surface area contributed by atoms with Gasteiger partial charge in [0.05, 0.1) is 17.4 Å². The van der Waals surface area contributed by atoms with E-state index in [-0.39, 0.29) is 24.6 Å². The van der Waals surface area contributed by atoms with Crippen LogP contribution in [0, 0.1) is 17.2 Å². The highest BCUT2D eigenvalue weighted by molar-refractivity contribution is 7.88. The second-order valence-electron chi connectivity index (χ2n) is 4.91. The van der Waals surface area contributed by atoms with Crippen molar-refractivity contribution >= 4 is 16.0 Å². The molecule has 114 valence electrons. The standard InChI is InChI=1S/C14H18N2O4S/c1-11(6-7-14(17)18)9-16-21(19,20)10-13-5-3-2-4-12(13)8-15/h2-5,11,16H,6-7,9-10H2,1H3,(H,17,18). The van der Waals surface area contributed by atoms with Crippen LogP contribution >= 0.6 is 0 Å². The minimum Gasteiger partial charge on any atom is -0.481 e. The zero-order chi connectivity index (χ0) is 15.9. The Balaban J connectivity index is 2.58. The van der Waals surface area contributed by atoms with Gasteiger partial charge in [-0.1, -0.05) is 25.1 Å². The smallest absolute Gasteiger partial charge is 0.303 e. The Kier molecular flexibility index (Phi) is 6.34. The Morgan fingerprint density at radius 1 is 1.43 bits per heavy atom.